The summed E-state index contributed by atoms with van der Waals surface area (Å²) in [5.41, 5.74) is -5.48. The summed E-state index contributed by atoms with van der Waals surface area (Å²) >= 11 is 0. The van der Waals surface area contributed by atoms with Crippen LogP contribution in [0.15, 0.2) is 23.3 Å². The predicted octanol–water partition coefficient (Wildman–Crippen LogP) is 2.71. The third kappa shape index (κ3) is 3.24. The summed E-state index contributed by atoms with van der Waals surface area (Å²) in [5, 5.41) is 10.8. The van der Waals surface area contributed by atoms with Crippen molar-refractivity contribution in [1.82, 2.24) is 0 Å². The molecule has 0 fully saturated rings. The number of ketones is 1. The van der Waals surface area contributed by atoms with E-state index in [1.165, 1.54) is 27.7 Å². The van der Waals surface area contributed by atoms with E-state index in [4.69, 9.17) is 0 Å². The summed E-state index contributed by atoms with van der Waals surface area (Å²) in [4.78, 5) is 23.1. The third-order valence-corrected chi connectivity index (χ3v) is 3.79. The van der Waals surface area contributed by atoms with Gasteiger partial charge >= 0.3 is 12.1 Å². The molecule has 0 radical (unpaired) electrons. The highest BCUT2D eigenvalue weighted by Crippen LogP contribution is 2.51. The molecule has 0 heterocycles. The highest BCUT2D eigenvalue weighted by Gasteiger charge is 2.58. The first kappa shape index (κ1) is 18.4. The van der Waals surface area contributed by atoms with E-state index in [2.05, 4.69) is 4.74 Å². The second kappa shape index (κ2) is 5.87. The first-order chi connectivity index (χ1) is 9.86. The highest BCUT2D eigenvalue weighted by atomic mass is 19.4. The SMILES string of the molecule is CCOC(=O)/C=C(/C(F)(F)F)C1(O)C(C)=CC(=O)CC1(C)C. The number of esters is 1. The topological polar surface area (TPSA) is 63.6 Å². The minimum Gasteiger partial charge on any atom is -0.463 e. The van der Waals surface area contributed by atoms with Crippen LogP contribution in [0.4, 0.5) is 13.2 Å². The number of ether oxygens (including phenoxy) is 1. The molecule has 0 amide bonds. The number of carbonyl (C=O) groups is 2. The Balaban J connectivity index is 3.55. The van der Waals surface area contributed by atoms with Crippen LogP contribution in [0.3, 0.4) is 0 Å². The molecule has 1 N–H and O–H groups in total. The predicted molar refractivity (Wildman–Crippen MR) is 72.9 cm³/mol. The highest BCUT2D eigenvalue weighted by molar-refractivity contribution is 5.93. The monoisotopic (exact) mass is 320 g/mol. The molecule has 1 rings (SSSR count). The van der Waals surface area contributed by atoms with E-state index < -0.39 is 28.7 Å². The van der Waals surface area contributed by atoms with Gasteiger partial charge in [0, 0.05) is 17.9 Å². The van der Waals surface area contributed by atoms with Gasteiger partial charge in [-0.15, -0.1) is 0 Å². The smallest absolute Gasteiger partial charge is 0.416 e. The van der Waals surface area contributed by atoms with Gasteiger partial charge in [0.25, 0.3) is 0 Å². The molecule has 0 aromatic heterocycles. The Kier molecular flexibility index (Phi) is 4.91. The molecule has 1 atom stereocenters. The molecular weight excluding hydrogens is 301 g/mol. The normalized spacial score (nSPS) is 25.7. The summed E-state index contributed by atoms with van der Waals surface area (Å²) in [5.74, 6) is -1.56. The van der Waals surface area contributed by atoms with Crippen molar-refractivity contribution in [3.63, 3.8) is 0 Å². The Bertz CT molecular complexity index is 543. The molecule has 1 aliphatic rings. The van der Waals surface area contributed by atoms with E-state index in [0.29, 0.717) is 0 Å². The molecular formula is C15H19F3O4. The van der Waals surface area contributed by atoms with Gasteiger partial charge in [0.2, 0.25) is 0 Å². The van der Waals surface area contributed by atoms with Gasteiger partial charge in [-0.25, -0.2) is 4.79 Å². The molecule has 0 saturated carbocycles. The van der Waals surface area contributed by atoms with E-state index in [-0.39, 0.29) is 30.5 Å². The first-order valence-electron chi connectivity index (χ1n) is 6.76. The van der Waals surface area contributed by atoms with Crippen LogP contribution < -0.4 is 0 Å². The van der Waals surface area contributed by atoms with Gasteiger partial charge in [-0.05, 0) is 25.5 Å². The Hall–Kier alpha value is -1.63. The maximum Gasteiger partial charge on any atom is 0.416 e. The summed E-state index contributed by atoms with van der Waals surface area (Å²) in [6.07, 6.45) is -3.97. The van der Waals surface area contributed by atoms with Crippen LogP contribution in [0.2, 0.25) is 0 Å². The van der Waals surface area contributed by atoms with Crippen molar-refractivity contribution in [2.45, 2.75) is 45.9 Å². The maximum atomic E-state index is 13.4. The maximum absolute atomic E-state index is 13.4. The van der Waals surface area contributed by atoms with Crippen LogP contribution in [0.1, 0.15) is 34.1 Å². The van der Waals surface area contributed by atoms with Gasteiger partial charge in [-0.2, -0.15) is 13.2 Å². The van der Waals surface area contributed by atoms with E-state index in [0.717, 1.165) is 6.08 Å². The molecule has 0 saturated heterocycles. The molecule has 124 valence electrons. The minimum absolute atomic E-state index is 0.0877. The summed E-state index contributed by atoms with van der Waals surface area (Å²) in [7, 11) is 0. The summed E-state index contributed by atoms with van der Waals surface area (Å²) < 4.78 is 44.8. The molecule has 1 aliphatic carbocycles. The number of hydrogen-bond donors (Lipinski definition) is 1. The third-order valence-electron chi connectivity index (χ3n) is 3.79. The molecule has 0 bridgehead atoms. The largest absolute Gasteiger partial charge is 0.463 e. The van der Waals surface area contributed by atoms with E-state index in [1.807, 2.05) is 0 Å². The van der Waals surface area contributed by atoms with E-state index in [1.54, 1.807) is 0 Å². The molecule has 1 unspecified atom stereocenters. The molecule has 0 aromatic rings. The van der Waals surface area contributed by atoms with Crippen molar-refractivity contribution in [3.05, 3.63) is 23.3 Å². The van der Waals surface area contributed by atoms with Crippen LogP contribution >= 0.6 is 0 Å². The second-order valence-electron chi connectivity index (χ2n) is 5.87. The number of halogens is 3. The Morgan fingerprint density at radius 2 is 2.00 bits per heavy atom. The van der Waals surface area contributed by atoms with Crippen molar-refractivity contribution < 1.29 is 32.6 Å². The van der Waals surface area contributed by atoms with Crippen LogP contribution in [0.5, 0.6) is 0 Å². The molecule has 22 heavy (non-hydrogen) atoms. The average molecular weight is 320 g/mol. The Morgan fingerprint density at radius 3 is 2.41 bits per heavy atom. The zero-order valence-electron chi connectivity index (χ0n) is 12.9. The van der Waals surface area contributed by atoms with Crippen LogP contribution in [0, 0.1) is 5.41 Å². The zero-order chi connectivity index (χ0) is 17.3. The van der Waals surface area contributed by atoms with Gasteiger partial charge in [0.15, 0.2) is 5.78 Å². The van der Waals surface area contributed by atoms with Gasteiger partial charge in [0.1, 0.15) is 5.60 Å². The van der Waals surface area contributed by atoms with E-state index in [9.17, 15) is 27.9 Å². The van der Waals surface area contributed by atoms with Crippen molar-refractivity contribution in [3.8, 4) is 0 Å². The minimum atomic E-state index is -4.95. The zero-order valence-corrected chi connectivity index (χ0v) is 12.9. The van der Waals surface area contributed by atoms with E-state index >= 15 is 0 Å². The Morgan fingerprint density at radius 1 is 1.45 bits per heavy atom. The van der Waals surface area contributed by atoms with Crippen molar-refractivity contribution >= 4 is 11.8 Å². The molecule has 0 spiro atoms. The average Bonchev–Trinajstić information content (AvgIpc) is 2.31. The van der Waals surface area contributed by atoms with Gasteiger partial charge in [-0.1, -0.05) is 13.8 Å². The molecule has 4 nitrogen and oxygen atoms in total. The molecule has 7 heteroatoms. The molecule has 0 aliphatic heterocycles. The molecule has 0 aromatic carbocycles. The summed E-state index contributed by atoms with van der Waals surface area (Å²) in [6.45, 7) is 5.32. The van der Waals surface area contributed by atoms with Gasteiger partial charge in [0.05, 0.1) is 12.2 Å². The Labute approximate surface area is 126 Å². The summed E-state index contributed by atoms with van der Waals surface area (Å²) in [6, 6.07) is 0. The quantitative estimate of drug-likeness (QED) is 0.641. The van der Waals surface area contributed by atoms with Crippen LogP contribution in [-0.4, -0.2) is 35.2 Å². The number of allylic oxidation sites excluding steroid dienone is 1. The fourth-order valence-corrected chi connectivity index (χ4v) is 2.76. The number of carbonyl (C=O) groups excluding carboxylic acids is 2. The lowest BCUT2D eigenvalue weighted by atomic mass is 9.61. The number of aliphatic hydroxyl groups is 1. The lowest BCUT2D eigenvalue weighted by Gasteiger charge is -2.47. The fraction of sp³-hybridized carbons (Fsp3) is 0.600. The fourth-order valence-electron chi connectivity index (χ4n) is 2.76. The number of hydrogen-bond acceptors (Lipinski definition) is 4. The lowest BCUT2D eigenvalue weighted by Crippen LogP contribution is -2.54. The first-order valence-corrected chi connectivity index (χ1v) is 6.76. The standard InChI is InChI=1S/C15H19F3O4/c1-5-22-12(20)7-11(15(16,17)18)14(21)9(2)6-10(19)8-13(14,3)4/h6-7,21H,5,8H2,1-4H3/b11-7+. The van der Waals surface area contributed by atoms with Crippen molar-refractivity contribution in [2.75, 3.05) is 6.61 Å². The van der Waals surface area contributed by atoms with Crippen LogP contribution in [0.25, 0.3) is 0 Å². The number of rotatable bonds is 3. The van der Waals surface area contributed by atoms with Gasteiger partial charge in [-0.3, -0.25) is 4.79 Å². The van der Waals surface area contributed by atoms with Crippen LogP contribution in [-0.2, 0) is 14.3 Å². The van der Waals surface area contributed by atoms with Gasteiger partial charge < -0.3 is 9.84 Å². The van der Waals surface area contributed by atoms with Crippen molar-refractivity contribution in [2.24, 2.45) is 5.41 Å². The second-order valence-corrected chi connectivity index (χ2v) is 5.87. The number of alkyl halides is 3. The van der Waals surface area contributed by atoms with Crippen molar-refractivity contribution in [1.29, 1.82) is 0 Å². The lowest BCUT2D eigenvalue weighted by molar-refractivity contribution is -0.147.